The first kappa shape index (κ1) is 10.3. The smallest absolute Gasteiger partial charge is 0.170 e. The number of rotatable bonds is 1. The highest BCUT2D eigenvalue weighted by molar-refractivity contribution is 6.29. The molecule has 0 amide bonds. The maximum atomic E-state index is 13.5. The molecule has 1 aromatic carbocycles. The molecule has 0 aliphatic carbocycles. The minimum absolute atomic E-state index is 0.240. The van der Waals surface area contributed by atoms with Gasteiger partial charge in [-0.3, -0.25) is 0 Å². The molecule has 0 bridgehead atoms. The molecule has 0 unspecified atom stereocenters. The van der Waals surface area contributed by atoms with Gasteiger partial charge >= 0.3 is 0 Å². The van der Waals surface area contributed by atoms with Gasteiger partial charge in [0.1, 0.15) is 10.8 Å². The quantitative estimate of drug-likeness (QED) is 0.600. The Morgan fingerprint density at radius 2 is 1.94 bits per heavy atom. The number of aromatic nitrogens is 1. The van der Waals surface area contributed by atoms with Gasteiger partial charge in [-0.05, 0) is 24.3 Å². The van der Waals surface area contributed by atoms with Gasteiger partial charge in [-0.15, -0.1) is 0 Å². The van der Waals surface area contributed by atoms with E-state index in [1.165, 1.54) is 6.07 Å². The van der Waals surface area contributed by atoms with E-state index in [9.17, 15) is 4.39 Å². The lowest BCUT2D eigenvalue weighted by molar-refractivity contribution is 0.567. The predicted molar refractivity (Wildman–Crippen MR) is 64.4 cm³/mol. The van der Waals surface area contributed by atoms with Crippen molar-refractivity contribution >= 4 is 22.6 Å². The zero-order valence-corrected chi connectivity index (χ0v) is 9.41. The standard InChI is InChI=1S/C13H7ClFNO/c14-12-6-2-5-10(16-12)11-7-8-3-1-4-9(15)13(8)17-11/h1-7H. The summed E-state index contributed by atoms with van der Waals surface area (Å²) >= 11 is 5.80. The van der Waals surface area contributed by atoms with E-state index in [-0.39, 0.29) is 11.4 Å². The fraction of sp³-hybridized carbons (Fsp3) is 0. The molecule has 2 heterocycles. The van der Waals surface area contributed by atoms with Gasteiger partial charge in [-0.1, -0.05) is 29.8 Å². The number of para-hydroxylation sites is 1. The zero-order valence-electron chi connectivity index (χ0n) is 8.65. The molecule has 0 aliphatic rings. The van der Waals surface area contributed by atoms with Gasteiger partial charge in [0.15, 0.2) is 17.2 Å². The first-order valence-electron chi connectivity index (χ1n) is 5.05. The zero-order chi connectivity index (χ0) is 11.8. The molecule has 17 heavy (non-hydrogen) atoms. The summed E-state index contributed by atoms with van der Waals surface area (Å²) in [5.41, 5.74) is 0.831. The molecular formula is C13H7ClFNO. The van der Waals surface area contributed by atoms with Gasteiger partial charge in [-0.25, -0.2) is 9.37 Å². The van der Waals surface area contributed by atoms with Crippen molar-refractivity contribution < 1.29 is 8.81 Å². The maximum Gasteiger partial charge on any atom is 0.170 e. The van der Waals surface area contributed by atoms with Crippen LogP contribution in [0.15, 0.2) is 46.9 Å². The summed E-state index contributed by atoms with van der Waals surface area (Å²) in [4.78, 5) is 4.12. The molecule has 4 heteroatoms. The van der Waals surface area contributed by atoms with Crippen molar-refractivity contribution in [3.8, 4) is 11.5 Å². The average Bonchev–Trinajstić information content (AvgIpc) is 2.74. The summed E-state index contributed by atoms with van der Waals surface area (Å²) in [6.45, 7) is 0. The van der Waals surface area contributed by atoms with Crippen LogP contribution in [0.1, 0.15) is 0 Å². The molecule has 0 saturated heterocycles. The Labute approximate surface area is 102 Å². The Kier molecular flexibility index (Phi) is 2.34. The molecule has 0 fully saturated rings. The molecule has 84 valence electrons. The number of furan rings is 1. The van der Waals surface area contributed by atoms with E-state index in [2.05, 4.69) is 4.98 Å². The number of halogens is 2. The second-order valence-electron chi connectivity index (χ2n) is 3.61. The van der Waals surface area contributed by atoms with Crippen molar-refractivity contribution in [3.05, 3.63) is 53.4 Å². The van der Waals surface area contributed by atoms with Gasteiger partial charge in [0.25, 0.3) is 0 Å². The lowest BCUT2D eigenvalue weighted by atomic mass is 10.2. The van der Waals surface area contributed by atoms with Crippen molar-refractivity contribution in [3.63, 3.8) is 0 Å². The van der Waals surface area contributed by atoms with Crippen LogP contribution in [0.3, 0.4) is 0 Å². The van der Waals surface area contributed by atoms with Crippen LogP contribution in [0, 0.1) is 5.82 Å². The Bertz CT molecular complexity index is 693. The molecule has 2 aromatic heterocycles. The molecule has 3 aromatic rings. The number of pyridine rings is 1. The largest absolute Gasteiger partial charge is 0.451 e. The third-order valence-electron chi connectivity index (χ3n) is 2.46. The Morgan fingerprint density at radius 1 is 1.12 bits per heavy atom. The number of hydrogen-bond donors (Lipinski definition) is 0. The molecule has 0 saturated carbocycles. The second kappa shape index (κ2) is 3.86. The Balaban J connectivity index is 2.22. The normalized spacial score (nSPS) is 10.9. The molecule has 3 rings (SSSR count). The van der Waals surface area contributed by atoms with Crippen molar-refractivity contribution in [2.24, 2.45) is 0 Å². The Hall–Kier alpha value is -1.87. The minimum atomic E-state index is -0.379. The van der Waals surface area contributed by atoms with Gasteiger partial charge in [0.05, 0.1) is 0 Å². The van der Waals surface area contributed by atoms with Gasteiger partial charge in [0, 0.05) is 5.39 Å². The lowest BCUT2D eigenvalue weighted by Gasteiger charge is -1.95. The van der Waals surface area contributed by atoms with Crippen molar-refractivity contribution in [1.29, 1.82) is 0 Å². The Morgan fingerprint density at radius 3 is 2.71 bits per heavy atom. The number of nitrogens with zero attached hydrogens (tertiary/aromatic N) is 1. The summed E-state index contributed by atoms with van der Waals surface area (Å²) in [7, 11) is 0. The van der Waals surface area contributed by atoms with Crippen molar-refractivity contribution in [1.82, 2.24) is 4.98 Å². The van der Waals surface area contributed by atoms with E-state index in [1.54, 1.807) is 36.4 Å². The van der Waals surface area contributed by atoms with Gasteiger partial charge < -0.3 is 4.42 Å². The van der Waals surface area contributed by atoms with Crippen LogP contribution < -0.4 is 0 Å². The summed E-state index contributed by atoms with van der Waals surface area (Å²) < 4.78 is 18.9. The summed E-state index contributed by atoms with van der Waals surface area (Å²) in [5, 5.41) is 1.09. The number of hydrogen-bond acceptors (Lipinski definition) is 2. The second-order valence-corrected chi connectivity index (χ2v) is 4.00. The maximum absolute atomic E-state index is 13.5. The minimum Gasteiger partial charge on any atom is -0.451 e. The summed E-state index contributed by atoms with van der Waals surface area (Å²) in [6, 6.07) is 11.8. The van der Waals surface area contributed by atoms with Crippen LogP contribution in [0.4, 0.5) is 4.39 Å². The van der Waals surface area contributed by atoms with E-state index in [0.29, 0.717) is 22.0 Å². The highest BCUT2D eigenvalue weighted by Gasteiger charge is 2.10. The van der Waals surface area contributed by atoms with Gasteiger partial charge in [-0.2, -0.15) is 0 Å². The highest BCUT2D eigenvalue weighted by Crippen LogP contribution is 2.28. The number of benzene rings is 1. The van der Waals surface area contributed by atoms with Crippen LogP contribution in [0.5, 0.6) is 0 Å². The first-order valence-corrected chi connectivity index (χ1v) is 5.43. The van der Waals surface area contributed by atoms with E-state index in [1.807, 2.05) is 0 Å². The molecule has 0 spiro atoms. The fourth-order valence-electron chi connectivity index (χ4n) is 1.70. The van der Waals surface area contributed by atoms with Gasteiger partial charge in [0.2, 0.25) is 0 Å². The van der Waals surface area contributed by atoms with Crippen molar-refractivity contribution in [2.75, 3.05) is 0 Å². The summed E-state index contributed by atoms with van der Waals surface area (Å²) in [5.74, 6) is 0.128. The highest BCUT2D eigenvalue weighted by atomic mass is 35.5. The third-order valence-corrected chi connectivity index (χ3v) is 2.67. The molecular weight excluding hydrogens is 241 g/mol. The van der Waals surface area contributed by atoms with E-state index in [4.69, 9.17) is 16.0 Å². The first-order chi connectivity index (χ1) is 8.24. The summed E-state index contributed by atoms with van der Waals surface area (Å²) in [6.07, 6.45) is 0. The number of fused-ring (bicyclic) bond motifs is 1. The molecule has 0 aliphatic heterocycles. The molecule has 0 N–H and O–H groups in total. The van der Waals surface area contributed by atoms with Crippen LogP contribution in [-0.4, -0.2) is 4.98 Å². The topological polar surface area (TPSA) is 26.0 Å². The van der Waals surface area contributed by atoms with Crippen molar-refractivity contribution in [2.45, 2.75) is 0 Å². The van der Waals surface area contributed by atoms with Crippen LogP contribution >= 0.6 is 11.6 Å². The van der Waals surface area contributed by atoms with E-state index < -0.39 is 0 Å². The molecule has 2 nitrogen and oxygen atoms in total. The van der Waals surface area contributed by atoms with Crippen LogP contribution in [0.25, 0.3) is 22.4 Å². The van der Waals surface area contributed by atoms with Crippen LogP contribution in [0.2, 0.25) is 5.15 Å². The average molecular weight is 248 g/mol. The molecule has 0 atom stereocenters. The third kappa shape index (κ3) is 1.78. The van der Waals surface area contributed by atoms with E-state index >= 15 is 0 Å². The van der Waals surface area contributed by atoms with Crippen LogP contribution in [-0.2, 0) is 0 Å². The SMILES string of the molecule is Fc1cccc2cc(-c3cccc(Cl)n3)oc12. The monoisotopic (exact) mass is 247 g/mol. The predicted octanol–water partition coefficient (Wildman–Crippen LogP) is 4.29. The fourth-order valence-corrected chi connectivity index (χ4v) is 1.86. The van der Waals surface area contributed by atoms with E-state index in [0.717, 1.165) is 0 Å². The lowest BCUT2D eigenvalue weighted by Crippen LogP contribution is -1.79. The molecule has 0 radical (unpaired) electrons.